The number of aliphatic hydroxyl groups excluding tert-OH is 1. The van der Waals surface area contributed by atoms with Gasteiger partial charge in [0.15, 0.2) is 8.32 Å². The van der Waals surface area contributed by atoms with E-state index in [0.717, 1.165) is 18.4 Å². The molecule has 10 atom stereocenters. The lowest BCUT2D eigenvalue weighted by Crippen LogP contribution is -2.42. The van der Waals surface area contributed by atoms with Crippen molar-refractivity contribution >= 4 is 20.3 Å². The third kappa shape index (κ3) is 14.6. The lowest BCUT2D eigenvalue weighted by molar-refractivity contribution is -0.156. The second-order valence-electron chi connectivity index (χ2n) is 15.6. The second kappa shape index (κ2) is 19.5. The Balaban J connectivity index is 2.87. The predicted octanol–water partition coefficient (Wildman–Crippen LogP) is 6.91. The number of aliphatic hydroxyl groups is 2. The first-order chi connectivity index (χ1) is 22.1. The molecular weight excluding hydrogens is 628 g/mol. The van der Waals surface area contributed by atoms with Gasteiger partial charge >= 0.3 is 11.9 Å². The highest BCUT2D eigenvalue weighted by Gasteiger charge is 2.50. The highest BCUT2D eigenvalue weighted by atomic mass is 28.4. The summed E-state index contributed by atoms with van der Waals surface area (Å²) in [7, 11) is 0.551. The molecule has 0 aromatic rings. The Kier molecular flexibility index (Phi) is 18.0. The van der Waals surface area contributed by atoms with Gasteiger partial charge in [0.1, 0.15) is 17.8 Å². The maximum absolute atomic E-state index is 12.2. The first-order valence-electron chi connectivity index (χ1n) is 17.7. The Hall–Kier alpha value is -1.82. The van der Waals surface area contributed by atoms with E-state index >= 15 is 0 Å². The van der Waals surface area contributed by atoms with E-state index in [1.807, 2.05) is 65.1 Å². The Morgan fingerprint density at radius 2 is 1.62 bits per heavy atom. The number of allylic oxidation sites excluding steroid dienone is 4. The van der Waals surface area contributed by atoms with Crippen LogP contribution in [0.2, 0.25) is 18.1 Å². The first kappa shape index (κ1) is 44.2. The zero-order valence-electron chi connectivity index (χ0n) is 32.1. The van der Waals surface area contributed by atoms with Crippen LogP contribution in [0.15, 0.2) is 36.0 Å². The van der Waals surface area contributed by atoms with Crippen molar-refractivity contribution in [2.45, 2.75) is 155 Å². The molecule has 0 aromatic carbocycles. The fourth-order valence-corrected chi connectivity index (χ4v) is 7.09. The Labute approximate surface area is 292 Å². The average molecular weight is 697 g/mol. The molecule has 1 rings (SSSR count). The van der Waals surface area contributed by atoms with Gasteiger partial charge in [0, 0.05) is 32.3 Å². The van der Waals surface area contributed by atoms with Gasteiger partial charge < -0.3 is 34.0 Å². The number of esters is 2. The highest BCUT2D eigenvalue weighted by molar-refractivity contribution is 6.72. The van der Waals surface area contributed by atoms with Gasteiger partial charge in [0.25, 0.3) is 0 Å². The zero-order valence-corrected chi connectivity index (χ0v) is 33.1. The van der Waals surface area contributed by atoms with Crippen LogP contribution < -0.4 is 0 Å². The van der Waals surface area contributed by atoms with E-state index in [1.54, 1.807) is 20.1 Å². The average Bonchev–Trinajstić information content (AvgIpc) is 3.78. The smallest absolute Gasteiger partial charge is 0.305 e. The number of methoxy groups -OCH3 is 2. The van der Waals surface area contributed by atoms with E-state index in [9.17, 15) is 24.6 Å². The topological polar surface area (TPSA) is 135 Å². The fraction of sp³-hybridized carbons (Fsp3) is 0.789. The number of rotatable bonds is 22. The van der Waals surface area contributed by atoms with Crippen LogP contribution in [0.3, 0.4) is 0 Å². The Morgan fingerprint density at radius 1 is 1.00 bits per heavy atom. The summed E-state index contributed by atoms with van der Waals surface area (Å²) in [5.41, 5.74) is -0.232. The molecule has 1 heterocycles. The number of hydrogen-bond donors (Lipinski definition) is 3. The summed E-state index contributed by atoms with van der Waals surface area (Å²) in [6.07, 6.45) is 11.5. The summed E-state index contributed by atoms with van der Waals surface area (Å²) < 4.78 is 21.9. The normalized spacial score (nSPS) is 23.2. The quantitative estimate of drug-likeness (QED) is 0.0363. The molecule has 0 aliphatic carbocycles. The molecule has 0 unspecified atom stereocenters. The van der Waals surface area contributed by atoms with Gasteiger partial charge in [-0.2, -0.15) is 0 Å². The van der Waals surface area contributed by atoms with Gasteiger partial charge in [0.05, 0.1) is 25.4 Å². The molecule has 1 saturated heterocycles. The fourth-order valence-electron chi connectivity index (χ4n) is 6.30. The largest absolute Gasteiger partial charge is 0.469 e. The van der Waals surface area contributed by atoms with Crippen molar-refractivity contribution < 1.29 is 43.5 Å². The molecule has 3 N–H and O–H groups in total. The first-order valence-corrected chi connectivity index (χ1v) is 20.6. The molecule has 0 amide bonds. The summed E-state index contributed by atoms with van der Waals surface area (Å²) >= 11 is 0. The Bertz CT molecular complexity index is 1090. The molecule has 1 aliphatic heterocycles. The lowest BCUT2D eigenvalue weighted by atomic mass is 9.83. The molecular formula is C38H68O9Si. The molecule has 10 heteroatoms. The molecule has 0 saturated carbocycles. The molecule has 1 aliphatic rings. The van der Waals surface area contributed by atoms with Crippen LogP contribution in [0.5, 0.6) is 0 Å². The van der Waals surface area contributed by atoms with Crippen LogP contribution >= 0.6 is 0 Å². The number of epoxide rings is 1. The van der Waals surface area contributed by atoms with Crippen LogP contribution in [-0.2, 0) is 28.5 Å². The molecule has 0 spiro atoms. The highest BCUT2D eigenvalue weighted by Crippen LogP contribution is 2.44. The summed E-state index contributed by atoms with van der Waals surface area (Å²) in [5.74, 6) is -0.682. The van der Waals surface area contributed by atoms with E-state index < -0.39 is 32.1 Å². The van der Waals surface area contributed by atoms with Crippen molar-refractivity contribution in [1.29, 1.82) is 0 Å². The van der Waals surface area contributed by atoms with Crippen molar-refractivity contribution in [2.24, 2.45) is 23.7 Å². The van der Waals surface area contributed by atoms with Gasteiger partial charge in [-0.25, -0.2) is 0 Å². The van der Waals surface area contributed by atoms with Gasteiger partial charge in [0.2, 0.25) is 0 Å². The van der Waals surface area contributed by atoms with Gasteiger partial charge in [-0.1, -0.05) is 71.4 Å². The summed E-state index contributed by atoms with van der Waals surface area (Å²) in [5, 5.41) is 22.0. The monoisotopic (exact) mass is 696 g/mol. The van der Waals surface area contributed by atoms with Gasteiger partial charge in [-0.05, 0) is 82.0 Å². The van der Waals surface area contributed by atoms with Crippen LogP contribution in [0, 0.1) is 23.7 Å². The van der Waals surface area contributed by atoms with E-state index in [-0.39, 0.29) is 59.4 Å². The van der Waals surface area contributed by atoms with E-state index in [1.165, 1.54) is 14.0 Å². The van der Waals surface area contributed by atoms with E-state index in [2.05, 4.69) is 20.8 Å². The van der Waals surface area contributed by atoms with Crippen molar-refractivity contribution in [3.05, 3.63) is 36.0 Å². The molecule has 0 radical (unpaired) electrons. The molecule has 0 aromatic heterocycles. The Morgan fingerprint density at radius 3 is 2.15 bits per heavy atom. The number of hydrogen-bond acceptors (Lipinski definition) is 9. The lowest BCUT2D eigenvalue weighted by Gasteiger charge is -2.38. The maximum Gasteiger partial charge on any atom is 0.305 e. The molecule has 278 valence electrons. The summed E-state index contributed by atoms with van der Waals surface area (Å²) in [6.45, 7) is 21.1. The number of ether oxygens (including phenoxy) is 4. The molecule has 48 heavy (non-hydrogen) atoms. The van der Waals surface area contributed by atoms with Crippen molar-refractivity contribution in [1.82, 2.24) is 0 Å². The third-order valence-electron chi connectivity index (χ3n) is 10.4. The van der Waals surface area contributed by atoms with Gasteiger partial charge in [-0.15, -0.1) is 0 Å². The van der Waals surface area contributed by atoms with Crippen LogP contribution in [0.25, 0.3) is 0 Å². The van der Waals surface area contributed by atoms with Crippen LogP contribution in [-0.4, -0.2) is 85.6 Å². The third-order valence-corrected chi connectivity index (χ3v) is 13.9. The summed E-state index contributed by atoms with van der Waals surface area (Å²) in [4.78, 5) is 35.1. The van der Waals surface area contributed by atoms with Crippen LogP contribution in [0.1, 0.15) is 101 Å². The minimum atomic E-state index is -2.52. The second-order valence-corrected chi connectivity index (χ2v) is 20.1. The minimum Gasteiger partial charge on any atom is -0.469 e. The number of carbonyl (C=O) groups excluding carboxylic acids is 2. The summed E-state index contributed by atoms with van der Waals surface area (Å²) in [6, 6.07) is 0. The minimum absolute atomic E-state index is 0.0101. The molecule has 0 bridgehead atoms. The zero-order chi connectivity index (χ0) is 37.0. The molecule has 9 nitrogen and oxygen atoms in total. The standard InChI is InChI=1S/C38H68O9Si/c1-14-31(44-10)28(5)35-36(47-35)34(41)27(4)17-15-16-25(2)22-26(3)18-19-32(46-29(6)39)38(9,42)21-20-30(23-33(40)45-11)24-37(7,8)48(12,13)43/h15-19,26-28,30-32,34-36,41-43H,14,20-24H2,1-13H3/b17-15+,19-18+,25-16+/t26-,27+,28+,30+,31-,32-,34-,35+,36+,38+/m0/s1. The molecule has 1 fully saturated rings. The van der Waals surface area contributed by atoms with Crippen molar-refractivity contribution in [3.8, 4) is 0 Å². The predicted molar refractivity (Wildman–Crippen MR) is 194 cm³/mol. The maximum atomic E-state index is 12.2. The van der Waals surface area contributed by atoms with Crippen molar-refractivity contribution in [3.63, 3.8) is 0 Å². The SMILES string of the molecule is CC[C@H](OC)[C@@H](C)[C@H]1O[C@@H]1[C@@H](O)[C@H](C)/C=C/C=C(\C)C[C@@H](C)/C=C/[C@H](OC(C)=O)[C@](C)(O)CC[C@H](CC(=O)OC)CC(C)(C)[Si](C)(C)O. The van der Waals surface area contributed by atoms with E-state index in [4.69, 9.17) is 18.9 Å². The van der Waals surface area contributed by atoms with Crippen molar-refractivity contribution in [2.75, 3.05) is 14.2 Å². The van der Waals surface area contributed by atoms with E-state index in [0.29, 0.717) is 19.3 Å². The number of carbonyl (C=O) groups is 2. The van der Waals surface area contributed by atoms with Crippen LogP contribution in [0.4, 0.5) is 0 Å². The van der Waals surface area contributed by atoms with Gasteiger partial charge in [-0.3, -0.25) is 9.59 Å².